The van der Waals surface area contributed by atoms with Gasteiger partial charge in [0, 0.05) is 46.4 Å². The van der Waals surface area contributed by atoms with Crippen molar-refractivity contribution >= 4 is 50.2 Å². The summed E-state index contributed by atoms with van der Waals surface area (Å²) in [5, 5.41) is 10.3. The average molecular weight is 745 g/mol. The zero-order valence-corrected chi connectivity index (χ0v) is 28.7. The number of ether oxygens (including phenoxy) is 1. The molecule has 15 heteroatoms. The molecule has 0 bridgehead atoms. The Morgan fingerprint density at radius 1 is 0.667 bits per heavy atom. The molecule has 0 aliphatic rings. The third-order valence-electron chi connectivity index (χ3n) is 7.07. The van der Waals surface area contributed by atoms with Crippen LogP contribution in [-0.4, -0.2) is 28.4 Å². The fourth-order valence-corrected chi connectivity index (χ4v) is 5.50. The third-order valence-corrected chi connectivity index (χ3v) is 8.09. The van der Waals surface area contributed by atoms with Crippen LogP contribution < -0.4 is 25.4 Å². The van der Waals surface area contributed by atoms with Crippen molar-refractivity contribution in [3.63, 3.8) is 0 Å². The monoisotopic (exact) mass is 744 g/mol. The number of rotatable bonds is 11. The Balaban J connectivity index is 1.05. The van der Waals surface area contributed by atoms with E-state index < -0.39 is 21.8 Å². The highest BCUT2D eigenvalue weighted by Gasteiger charge is 2.30. The highest BCUT2D eigenvalue weighted by molar-refractivity contribution is 7.95. The Kier molecular flexibility index (Phi) is 11.0. The first-order valence-electron chi connectivity index (χ1n) is 15.8. The minimum atomic E-state index is -4.53. The minimum Gasteiger partial charge on any atom is -0.439 e. The van der Waals surface area contributed by atoms with Crippen LogP contribution in [0.2, 0.25) is 0 Å². The molecular weight excluding hydrogens is 718 g/mol. The number of alkyl halides is 3. The molecule has 0 saturated carbocycles. The van der Waals surface area contributed by atoms with Gasteiger partial charge in [-0.25, -0.2) is 28.4 Å². The van der Waals surface area contributed by atoms with E-state index in [4.69, 9.17) is 11.2 Å². The molecule has 2 aromatic heterocycles. The molecule has 0 amide bonds. The summed E-state index contributed by atoms with van der Waals surface area (Å²) in [6.07, 6.45) is 4.77. The number of hydrogen-bond acceptors (Lipinski definition) is 10. The topological polar surface area (TPSA) is 143 Å². The lowest BCUT2D eigenvalue weighted by Crippen LogP contribution is -2.09. The van der Waals surface area contributed by atoms with Crippen LogP contribution in [0.25, 0.3) is 0 Å². The van der Waals surface area contributed by atoms with Crippen LogP contribution in [0.4, 0.5) is 53.4 Å². The van der Waals surface area contributed by atoms with Gasteiger partial charge in [0.1, 0.15) is 35.9 Å². The molecule has 268 valence electrons. The van der Waals surface area contributed by atoms with Gasteiger partial charge in [0.2, 0.25) is 5.88 Å². The van der Waals surface area contributed by atoms with E-state index in [0.29, 0.717) is 28.6 Å². The van der Waals surface area contributed by atoms with E-state index in [2.05, 4.69) is 58.4 Å². The fraction of sp³-hybridized carbons (Fsp3) is 0.0256. The van der Waals surface area contributed by atoms with Crippen molar-refractivity contribution in [3.05, 3.63) is 150 Å². The summed E-state index contributed by atoms with van der Waals surface area (Å²) in [5.74, 6) is 9.53. The van der Waals surface area contributed by atoms with E-state index in [-0.39, 0.29) is 23.1 Å². The summed E-state index contributed by atoms with van der Waals surface area (Å²) in [6, 6.07) is 28.5. The molecule has 0 aliphatic heterocycles. The van der Waals surface area contributed by atoms with Crippen molar-refractivity contribution in [2.45, 2.75) is 6.18 Å². The van der Waals surface area contributed by atoms with Crippen LogP contribution in [0, 0.1) is 24.2 Å². The normalized spacial score (nSPS) is 11.1. The maximum atomic E-state index is 13.1. The van der Waals surface area contributed by atoms with Crippen molar-refractivity contribution in [3.8, 4) is 35.8 Å². The second kappa shape index (κ2) is 16.3. The summed E-state index contributed by atoms with van der Waals surface area (Å²) in [5.41, 5.74) is 2.69. The second-order valence-corrected chi connectivity index (χ2v) is 12.7. The van der Waals surface area contributed by atoms with Gasteiger partial charge >= 0.3 is 6.18 Å². The molecule has 11 nitrogen and oxygen atoms in total. The van der Waals surface area contributed by atoms with Gasteiger partial charge in [-0.3, -0.25) is 4.72 Å². The van der Waals surface area contributed by atoms with Crippen molar-refractivity contribution in [2.24, 2.45) is 0 Å². The maximum Gasteiger partial charge on any atom is 0.416 e. The molecule has 0 fully saturated rings. The number of benzene rings is 4. The summed E-state index contributed by atoms with van der Waals surface area (Å²) in [7, 11) is -3.94. The van der Waals surface area contributed by atoms with Crippen LogP contribution in [0.3, 0.4) is 0 Å². The van der Waals surface area contributed by atoms with Crippen LogP contribution in [0.5, 0.6) is 11.6 Å². The predicted molar refractivity (Wildman–Crippen MR) is 201 cm³/mol. The van der Waals surface area contributed by atoms with Crippen LogP contribution in [0.15, 0.2) is 133 Å². The quantitative estimate of drug-likeness (QED) is 0.0953. The van der Waals surface area contributed by atoms with Gasteiger partial charge in [-0.05, 0) is 72.8 Å². The van der Waals surface area contributed by atoms with Gasteiger partial charge in [-0.15, -0.1) is 6.42 Å². The smallest absolute Gasteiger partial charge is 0.416 e. The van der Waals surface area contributed by atoms with Crippen LogP contribution in [-0.2, 0) is 16.2 Å². The zero-order chi connectivity index (χ0) is 38.0. The van der Waals surface area contributed by atoms with Gasteiger partial charge in [0.05, 0.1) is 16.7 Å². The molecule has 6 aromatic rings. The Morgan fingerprint density at radius 3 is 1.93 bits per heavy atom. The molecule has 0 aliphatic carbocycles. The van der Waals surface area contributed by atoms with Gasteiger partial charge in [-0.2, -0.15) is 13.2 Å². The van der Waals surface area contributed by atoms with Crippen LogP contribution in [0.1, 0.15) is 16.7 Å². The SMILES string of the molecule is C#Cc1cccc(Nc2cc(Nc3cccc(C#C/C=C/S(=O)(=O)Nc4cccc(Nc5cc(Oc6cccc(C(F)(F)F)c6)ncn5)c4)c3)ncn2)c1. The first-order chi connectivity index (χ1) is 26.0. The molecule has 0 radical (unpaired) electrons. The number of hydrogen-bond donors (Lipinski definition) is 4. The first-order valence-corrected chi connectivity index (χ1v) is 17.3. The molecule has 0 atom stereocenters. The molecule has 0 spiro atoms. The van der Waals surface area contributed by atoms with E-state index >= 15 is 0 Å². The lowest BCUT2D eigenvalue weighted by atomic mass is 10.2. The highest BCUT2D eigenvalue weighted by atomic mass is 32.2. The van der Waals surface area contributed by atoms with Gasteiger partial charge in [0.15, 0.2) is 0 Å². The molecule has 2 heterocycles. The Bertz CT molecular complexity index is 2550. The molecule has 54 heavy (non-hydrogen) atoms. The van der Waals surface area contributed by atoms with Crippen molar-refractivity contribution in [1.29, 1.82) is 0 Å². The second-order valence-electron chi connectivity index (χ2n) is 11.1. The summed E-state index contributed by atoms with van der Waals surface area (Å²) >= 11 is 0. The number of sulfonamides is 1. The third kappa shape index (κ3) is 10.6. The molecule has 6 rings (SSSR count). The van der Waals surface area contributed by atoms with Gasteiger partial charge in [0.25, 0.3) is 10.0 Å². The number of aromatic nitrogens is 4. The molecule has 4 aromatic carbocycles. The average Bonchev–Trinajstić information content (AvgIpc) is 3.14. The summed E-state index contributed by atoms with van der Waals surface area (Å²) in [4.78, 5) is 16.6. The van der Waals surface area contributed by atoms with E-state index in [9.17, 15) is 21.6 Å². The predicted octanol–water partition coefficient (Wildman–Crippen LogP) is 8.60. The Labute approximate surface area is 308 Å². The van der Waals surface area contributed by atoms with E-state index in [1.165, 1.54) is 43.0 Å². The van der Waals surface area contributed by atoms with Crippen LogP contribution >= 0.6 is 0 Å². The molecular formula is C39H27F3N8O3S. The number of terminal acetylenes is 1. The maximum absolute atomic E-state index is 13.1. The molecule has 0 unspecified atom stereocenters. The first kappa shape index (κ1) is 36.4. The fourth-order valence-electron chi connectivity index (χ4n) is 4.73. The zero-order valence-electron chi connectivity index (χ0n) is 27.8. The van der Waals surface area contributed by atoms with Gasteiger partial charge in [-0.1, -0.05) is 42.0 Å². The minimum absolute atomic E-state index is 0.00481. The Hall–Kier alpha value is -7.36. The van der Waals surface area contributed by atoms with Crippen molar-refractivity contribution < 1.29 is 26.3 Å². The standard InChI is InChI=1S/C39H27F3N8O3S/c1-2-27-10-5-13-30(19-27)47-35-23-36(44-25-43-35)48-31-14-6-11-28(20-31)9-3-4-18-54(51,52)50-33-16-8-15-32(22-33)49-37-24-38(46-26-45-37)53-34-17-7-12-29(21-34)39(40,41)42/h1,4-8,10-26,50H,(H,45,46,49)(H2,43,44,47,48)/b18-4+. The lowest BCUT2D eigenvalue weighted by molar-refractivity contribution is -0.137. The van der Waals surface area contributed by atoms with Crippen molar-refractivity contribution in [1.82, 2.24) is 19.9 Å². The number of nitrogens with one attached hydrogen (secondary N) is 4. The Morgan fingerprint density at radius 2 is 1.24 bits per heavy atom. The number of nitrogens with zero attached hydrogens (tertiary/aromatic N) is 4. The highest BCUT2D eigenvalue weighted by Crippen LogP contribution is 2.33. The number of allylic oxidation sites excluding steroid dienone is 1. The molecule has 4 N–H and O–H groups in total. The van der Waals surface area contributed by atoms with E-state index in [1.54, 1.807) is 42.5 Å². The molecule has 0 saturated heterocycles. The lowest BCUT2D eigenvalue weighted by Gasteiger charge is -2.11. The van der Waals surface area contributed by atoms with Crippen molar-refractivity contribution in [2.75, 3.05) is 20.7 Å². The van der Waals surface area contributed by atoms with E-state index in [1.807, 2.05) is 30.3 Å². The summed E-state index contributed by atoms with van der Waals surface area (Å²) in [6.45, 7) is 0. The number of halogens is 3. The number of anilines is 7. The summed E-state index contributed by atoms with van der Waals surface area (Å²) < 4.78 is 72.7. The van der Waals surface area contributed by atoms with Gasteiger partial charge < -0.3 is 20.7 Å². The van der Waals surface area contributed by atoms with E-state index in [0.717, 1.165) is 28.8 Å². The largest absolute Gasteiger partial charge is 0.439 e.